The van der Waals surface area contributed by atoms with E-state index in [1.54, 1.807) is 40.9 Å². The molecule has 0 unspecified atom stereocenters. The molecule has 4 N–H and O–H groups in total. The Morgan fingerprint density at radius 3 is 2.29 bits per heavy atom. The van der Waals surface area contributed by atoms with Gasteiger partial charge in [-0.1, -0.05) is 71.1 Å². The van der Waals surface area contributed by atoms with Gasteiger partial charge in [-0.15, -0.1) is 0 Å². The molecule has 0 aromatic heterocycles. The van der Waals surface area contributed by atoms with Crippen LogP contribution in [-0.2, 0) is 57.2 Å². The number of piperidine rings is 1. The molecule has 3 heterocycles. The van der Waals surface area contributed by atoms with E-state index in [0.29, 0.717) is 63.4 Å². The van der Waals surface area contributed by atoms with Gasteiger partial charge in [-0.25, -0.2) is 4.79 Å². The molecule has 0 spiro atoms. The number of hydrogen-bond acceptors (Lipinski definition) is 16. The summed E-state index contributed by atoms with van der Waals surface area (Å²) in [5.74, 6) is -9.07. The highest BCUT2D eigenvalue weighted by atomic mass is 16.6. The number of aliphatic hydroxyl groups is 4. The molecule has 3 fully saturated rings. The Kier molecular flexibility index (Phi) is 21.4. The second kappa shape index (κ2) is 28.3. The minimum Gasteiger partial charge on any atom is -0.460 e. The molecule has 2 saturated heterocycles. The SMILES string of the molecule is [2H]OCC(C)(CO[2H])C(=O)O[C@@H]1CC[C@H](C[C@@H](C)[C@@H]2CC(=O)[C@H](C)/C=C(\C)[C@@H](O[2H])[C@@H](OC)C(=O)[C@H](C)C[C@H](C)/C=C/C=C/C=C(\C)[C@@H](OC)C[C@@H]3CC[C@@H](C)[C@@](O[2H])(O3)C(=O)C(=O)N3CCCC[C@H]3C(=O)O2)C[C@H]1OC. The molecular formula is C56H87NO16. The minimum absolute atomic E-state index is 0.0204. The first-order valence-electron chi connectivity index (χ1n) is 27.9. The number of cyclic esters (lactones) is 1. The van der Waals surface area contributed by atoms with E-state index in [1.807, 2.05) is 51.2 Å². The third-order valence-electron chi connectivity index (χ3n) is 15.8. The highest BCUT2D eigenvalue weighted by Crippen LogP contribution is 2.38. The maximum atomic E-state index is 14.7. The number of aliphatic hydroxyl groups excluding tert-OH is 3. The van der Waals surface area contributed by atoms with Crippen molar-refractivity contribution < 1.29 is 77.6 Å². The van der Waals surface area contributed by atoms with E-state index in [4.69, 9.17) is 44.4 Å². The standard InChI is InChI=1S/C56H87NO16/c1-33-17-13-12-14-18-34(2)45(68-9)29-41-22-20-39(7)56(67,73-41)51(63)52(64)57-24-16-15-19-42(57)53(65)71-46(30-43(60)35(3)26-38(6)49(62)50(70-11)48(61)37(5)25-33)36(4)27-40-21-23-44(47(28-40)69-10)72-54(66)55(8,31-58)32-59/h12-14,17-18,26,33,35-37,39-42,44-47,49-50,58-59,62,67H,15-16,19-25,27-32H2,1-11H3/b14-12+,17-13+,34-18+,38-26+/t33-,35-,36-,37-,39-,40-,41+,42+,44-,45+,46+,47-,49-,50+,56-/m1/s1/i58D,59D,62D,67D. The van der Waals surface area contributed by atoms with Crippen LogP contribution in [0.4, 0.5) is 0 Å². The molecule has 4 rings (SSSR count). The average molecular weight is 1030 g/mol. The van der Waals surface area contributed by atoms with E-state index in [9.17, 15) is 28.8 Å². The molecule has 0 radical (unpaired) electrons. The molecule has 1 aliphatic carbocycles. The molecule has 1 saturated carbocycles. The summed E-state index contributed by atoms with van der Waals surface area (Å²) in [6.07, 6.45) is 9.87. The number of methoxy groups -OCH3 is 3. The van der Waals surface area contributed by atoms with Crippen LogP contribution in [0.3, 0.4) is 0 Å². The summed E-state index contributed by atoms with van der Waals surface area (Å²) >= 11 is 0. The molecule has 73 heavy (non-hydrogen) atoms. The number of allylic oxidation sites excluding steroid dienone is 6. The molecule has 15 atom stereocenters. The molecule has 3 aliphatic heterocycles. The van der Waals surface area contributed by atoms with Crippen molar-refractivity contribution in [1.82, 2.24) is 4.90 Å². The Hall–Kier alpha value is -3.94. The summed E-state index contributed by atoms with van der Waals surface area (Å²) in [7, 11) is 4.45. The maximum Gasteiger partial charge on any atom is 0.329 e. The van der Waals surface area contributed by atoms with Crippen molar-refractivity contribution in [3.63, 3.8) is 0 Å². The summed E-state index contributed by atoms with van der Waals surface area (Å²) < 4.78 is 66.7. The molecule has 17 nitrogen and oxygen atoms in total. The van der Waals surface area contributed by atoms with Crippen molar-refractivity contribution in [2.45, 2.75) is 187 Å². The fourth-order valence-electron chi connectivity index (χ4n) is 10.6. The van der Waals surface area contributed by atoms with Gasteiger partial charge in [-0.2, -0.15) is 0 Å². The zero-order valence-electron chi connectivity index (χ0n) is 49.1. The summed E-state index contributed by atoms with van der Waals surface area (Å²) in [5, 5.41) is 19.3. The van der Waals surface area contributed by atoms with Gasteiger partial charge in [0.1, 0.15) is 41.7 Å². The molecular weight excluding hydrogens is 943 g/mol. The molecule has 0 aromatic carbocycles. The number of ether oxygens (including phenoxy) is 6. The summed E-state index contributed by atoms with van der Waals surface area (Å²) in [4.78, 5) is 86.7. The molecule has 0 aromatic rings. The fraction of sp³-hybridized carbons (Fsp3) is 0.750. The lowest BCUT2D eigenvalue weighted by molar-refractivity contribution is -0.265. The second-order valence-corrected chi connectivity index (χ2v) is 21.8. The van der Waals surface area contributed by atoms with E-state index in [0.717, 1.165) is 5.57 Å². The summed E-state index contributed by atoms with van der Waals surface area (Å²) in [6.45, 7) is 13.4. The quantitative estimate of drug-likeness (QED) is 0.0924. The third kappa shape index (κ3) is 16.0. The van der Waals surface area contributed by atoms with E-state index < -0.39 is 107 Å². The number of Topliss-reactive ketones (excluding diaryl/α,β-unsaturated/α-hetero) is 3. The van der Waals surface area contributed by atoms with Crippen LogP contribution >= 0.6 is 0 Å². The largest absolute Gasteiger partial charge is 0.460 e. The van der Waals surface area contributed by atoms with Gasteiger partial charge in [-0.05, 0) is 114 Å². The van der Waals surface area contributed by atoms with Crippen molar-refractivity contribution in [3.8, 4) is 0 Å². The van der Waals surface area contributed by atoms with Crippen LogP contribution in [0.5, 0.6) is 0 Å². The lowest BCUT2D eigenvalue weighted by Crippen LogP contribution is -2.61. The Bertz CT molecular complexity index is 2100. The monoisotopic (exact) mass is 1030 g/mol. The second-order valence-electron chi connectivity index (χ2n) is 21.8. The van der Waals surface area contributed by atoms with E-state index in [1.165, 1.54) is 26.0 Å². The number of ketones is 3. The van der Waals surface area contributed by atoms with Crippen LogP contribution < -0.4 is 0 Å². The Morgan fingerprint density at radius 1 is 0.890 bits per heavy atom. The smallest absolute Gasteiger partial charge is 0.329 e. The molecule has 2 bridgehead atoms. The number of fused-ring (bicyclic) bond motifs is 3. The zero-order chi connectivity index (χ0) is 57.2. The fourth-order valence-corrected chi connectivity index (χ4v) is 10.6. The van der Waals surface area contributed by atoms with Gasteiger partial charge in [0, 0.05) is 58.5 Å². The number of amides is 1. The first kappa shape index (κ1) is 55.3. The predicted molar refractivity (Wildman–Crippen MR) is 271 cm³/mol. The number of carbonyl (C=O) groups excluding carboxylic acids is 6. The van der Waals surface area contributed by atoms with Gasteiger partial charge in [0.05, 0.1) is 31.5 Å². The normalized spacial score (nSPS) is 38.2. The predicted octanol–water partition coefficient (Wildman–Crippen LogP) is 5.72. The lowest BCUT2D eigenvalue weighted by atomic mass is 9.78. The number of nitrogens with zero attached hydrogens (tertiary/aromatic N) is 1. The zero-order valence-corrected chi connectivity index (χ0v) is 45.1. The van der Waals surface area contributed by atoms with Gasteiger partial charge < -0.3 is 53.8 Å². The highest BCUT2D eigenvalue weighted by Gasteiger charge is 2.53. The van der Waals surface area contributed by atoms with Crippen LogP contribution in [-0.4, -0.2) is 162 Å². The van der Waals surface area contributed by atoms with Crippen LogP contribution in [0, 0.1) is 40.9 Å². The van der Waals surface area contributed by atoms with Gasteiger partial charge in [-0.3, -0.25) is 24.0 Å². The average Bonchev–Trinajstić information content (AvgIpc) is 3.41. The van der Waals surface area contributed by atoms with E-state index in [2.05, 4.69) is 10.2 Å². The van der Waals surface area contributed by atoms with Gasteiger partial charge in [0.25, 0.3) is 11.7 Å². The minimum atomic E-state index is -2.27. The Balaban J connectivity index is 1.72. The molecule has 4 aliphatic rings. The molecule has 17 heteroatoms. The maximum absolute atomic E-state index is 14.7. The van der Waals surface area contributed by atoms with Gasteiger partial charge in [0.2, 0.25) is 11.5 Å². The van der Waals surface area contributed by atoms with Crippen molar-refractivity contribution in [3.05, 3.63) is 47.6 Å². The van der Waals surface area contributed by atoms with Crippen LogP contribution in [0.25, 0.3) is 0 Å². The van der Waals surface area contributed by atoms with Crippen LogP contribution in [0.2, 0.25) is 0 Å². The Labute approximate surface area is 439 Å². The topological polar surface area (TPSA) is 242 Å². The molecule has 412 valence electrons. The number of esters is 2. The lowest BCUT2D eigenvalue weighted by Gasteiger charge is -2.42. The van der Waals surface area contributed by atoms with Crippen molar-refractivity contribution in [2.24, 2.45) is 40.9 Å². The Morgan fingerprint density at radius 2 is 1.63 bits per heavy atom. The number of rotatable bonds is 14. The van der Waals surface area contributed by atoms with Crippen molar-refractivity contribution in [1.29, 1.82) is 5.72 Å². The van der Waals surface area contributed by atoms with Gasteiger partial charge in [0.15, 0.2) is 5.78 Å². The first-order chi connectivity index (χ1) is 36.6. The van der Waals surface area contributed by atoms with E-state index in [-0.39, 0.29) is 62.4 Å². The van der Waals surface area contributed by atoms with E-state index >= 15 is 0 Å². The molecule has 1 amide bonds. The summed E-state index contributed by atoms with van der Waals surface area (Å²) in [6, 6.07) is -1.22. The number of carbonyl (C=O) groups is 6. The third-order valence-corrected chi connectivity index (χ3v) is 15.8. The van der Waals surface area contributed by atoms with Gasteiger partial charge >= 0.3 is 11.9 Å². The van der Waals surface area contributed by atoms with Crippen LogP contribution in [0.15, 0.2) is 47.6 Å². The summed E-state index contributed by atoms with van der Waals surface area (Å²) in [5.41, 5.74) is -0.137. The van der Waals surface area contributed by atoms with Crippen molar-refractivity contribution in [2.75, 3.05) is 41.1 Å². The first-order valence-corrected chi connectivity index (χ1v) is 26.3. The highest BCUT2D eigenvalue weighted by molar-refractivity contribution is 6.39. The van der Waals surface area contributed by atoms with Crippen molar-refractivity contribution >= 4 is 35.2 Å². The number of hydrogen-bond donors (Lipinski definition) is 4. The van der Waals surface area contributed by atoms with Crippen LogP contribution in [0.1, 0.15) is 132 Å².